The Hall–Kier alpha value is -1.73. The quantitative estimate of drug-likeness (QED) is 0.635. The van der Waals surface area contributed by atoms with Crippen molar-refractivity contribution in [2.75, 3.05) is 31.2 Å². The summed E-state index contributed by atoms with van der Waals surface area (Å²) in [6.45, 7) is 3.73. The third-order valence-corrected chi connectivity index (χ3v) is 3.49. The molecule has 1 N–H and O–H groups in total. The zero-order valence-electron chi connectivity index (χ0n) is 11.7. The molecule has 8 heteroatoms. The van der Waals surface area contributed by atoms with Crippen LogP contribution in [0.5, 0.6) is 0 Å². The van der Waals surface area contributed by atoms with Gasteiger partial charge in [0.05, 0.1) is 18.8 Å². The van der Waals surface area contributed by atoms with Gasteiger partial charge in [-0.25, -0.2) is 9.97 Å². The highest BCUT2D eigenvalue weighted by molar-refractivity contribution is 6.32. The number of aldehydes is 1. The van der Waals surface area contributed by atoms with Gasteiger partial charge in [0.2, 0.25) is 5.91 Å². The van der Waals surface area contributed by atoms with Crippen molar-refractivity contribution in [3.63, 3.8) is 0 Å². The summed E-state index contributed by atoms with van der Waals surface area (Å²) in [7, 11) is 0. The molecule has 1 aliphatic rings. The van der Waals surface area contributed by atoms with Gasteiger partial charge in [-0.3, -0.25) is 9.59 Å². The van der Waals surface area contributed by atoms with E-state index in [1.54, 1.807) is 4.90 Å². The maximum absolute atomic E-state index is 12.2. The minimum Gasteiger partial charge on any atom is -0.377 e. The van der Waals surface area contributed by atoms with Crippen LogP contribution in [0.3, 0.4) is 0 Å². The van der Waals surface area contributed by atoms with Crippen molar-refractivity contribution in [2.45, 2.75) is 19.4 Å². The first-order valence-corrected chi connectivity index (χ1v) is 7.14. The van der Waals surface area contributed by atoms with Crippen LogP contribution < -0.4 is 10.2 Å². The van der Waals surface area contributed by atoms with Crippen molar-refractivity contribution in [1.29, 1.82) is 0 Å². The maximum atomic E-state index is 12.2. The molecule has 0 aromatic carbocycles. The molecule has 0 saturated carbocycles. The van der Waals surface area contributed by atoms with E-state index in [1.807, 2.05) is 6.92 Å². The summed E-state index contributed by atoms with van der Waals surface area (Å²) >= 11 is 5.92. The summed E-state index contributed by atoms with van der Waals surface area (Å²) in [6.07, 6.45) is 2.73. The fourth-order valence-corrected chi connectivity index (χ4v) is 2.31. The maximum Gasteiger partial charge on any atom is 0.245 e. The number of hydrogen-bond donors (Lipinski definition) is 1. The van der Waals surface area contributed by atoms with Gasteiger partial charge in [0.1, 0.15) is 23.3 Å². The largest absolute Gasteiger partial charge is 0.377 e. The lowest BCUT2D eigenvalue weighted by molar-refractivity contribution is -0.124. The lowest BCUT2D eigenvalue weighted by atomic mass is 10.2. The van der Waals surface area contributed by atoms with Crippen LogP contribution in [0.2, 0.25) is 5.15 Å². The van der Waals surface area contributed by atoms with Gasteiger partial charge in [-0.1, -0.05) is 18.5 Å². The summed E-state index contributed by atoms with van der Waals surface area (Å²) in [6, 6.07) is -0.532. The smallest absolute Gasteiger partial charge is 0.245 e. The predicted molar refractivity (Wildman–Crippen MR) is 77.7 cm³/mol. The Morgan fingerprint density at radius 2 is 2.43 bits per heavy atom. The first-order valence-electron chi connectivity index (χ1n) is 6.76. The summed E-state index contributed by atoms with van der Waals surface area (Å²) < 4.78 is 5.37. The summed E-state index contributed by atoms with van der Waals surface area (Å²) in [5.74, 6) is 0.216. The van der Waals surface area contributed by atoms with Gasteiger partial charge >= 0.3 is 0 Å². The molecule has 7 nitrogen and oxygen atoms in total. The summed E-state index contributed by atoms with van der Waals surface area (Å²) in [5, 5.41) is 2.91. The first-order chi connectivity index (χ1) is 10.2. The number of rotatable bonds is 5. The number of morpholine rings is 1. The molecule has 1 fully saturated rings. The monoisotopic (exact) mass is 312 g/mol. The Bertz CT molecular complexity index is 526. The second kappa shape index (κ2) is 7.33. The van der Waals surface area contributed by atoms with Crippen molar-refractivity contribution < 1.29 is 14.3 Å². The van der Waals surface area contributed by atoms with Gasteiger partial charge in [-0.05, 0) is 6.42 Å². The molecule has 21 heavy (non-hydrogen) atoms. The molecule has 0 aliphatic carbocycles. The van der Waals surface area contributed by atoms with Crippen LogP contribution in [-0.2, 0) is 9.53 Å². The number of hydrogen-bond acceptors (Lipinski definition) is 6. The molecule has 1 aliphatic heterocycles. The number of nitrogens with one attached hydrogen (secondary N) is 1. The molecule has 1 aromatic heterocycles. The Labute approximate surface area is 127 Å². The second-order valence-electron chi connectivity index (χ2n) is 4.59. The summed E-state index contributed by atoms with van der Waals surface area (Å²) in [5.41, 5.74) is 0.189. The first kappa shape index (κ1) is 15.7. The van der Waals surface area contributed by atoms with Crippen LogP contribution >= 0.6 is 11.6 Å². The highest BCUT2D eigenvalue weighted by atomic mass is 35.5. The molecule has 0 radical (unpaired) electrons. The number of carbonyl (C=O) groups excluding carboxylic acids is 2. The van der Waals surface area contributed by atoms with E-state index in [0.717, 1.165) is 6.42 Å². The Morgan fingerprint density at radius 3 is 3.14 bits per heavy atom. The van der Waals surface area contributed by atoms with Crippen LogP contribution in [0.4, 0.5) is 5.82 Å². The number of aromatic nitrogens is 2. The van der Waals surface area contributed by atoms with Gasteiger partial charge in [0, 0.05) is 13.1 Å². The van der Waals surface area contributed by atoms with E-state index >= 15 is 0 Å². The van der Waals surface area contributed by atoms with E-state index in [1.165, 1.54) is 6.33 Å². The third-order valence-electron chi connectivity index (χ3n) is 3.18. The van der Waals surface area contributed by atoms with Crippen molar-refractivity contribution in [1.82, 2.24) is 15.3 Å². The second-order valence-corrected chi connectivity index (χ2v) is 4.95. The van der Waals surface area contributed by atoms with Crippen LogP contribution in [0, 0.1) is 0 Å². The minimum atomic E-state index is -0.532. The lowest BCUT2D eigenvalue weighted by Crippen LogP contribution is -2.54. The highest BCUT2D eigenvalue weighted by Gasteiger charge is 2.32. The Balaban J connectivity index is 2.28. The normalized spacial score (nSPS) is 18.4. The Kier molecular flexibility index (Phi) is 5.46. The molecule has 1 atom stereocenters. The van der Waals surface area contributed by atoms with Gasteiger partial charge in [0.25, 0.3) is 0 Å². The standard InChI is InChI=1S/C13H17ClN4O3/c1-2-3-15-13(20)10-7-21-5-4-18(10)12-9(6-19)11(14)16-8-17-12/h6,8,10H,2-5,7H2,1H3,(H,15,20). The molecule has 1 aromatic rings. The zero-order chi connectivity index (χ0) is 15.2. The molecule has 2 heterocycles. The lowest BCUT2D eigenvalue weighted by Gasteiger charge is -2.35. The van der Waals surface area contributed by atoms with E-state index in [2.05, 4.69) is 15.3 Å². The van der Waals surface area contributed by atoms with Gasteiger partial charge in [0.15, 0.2) is 6.29 Å². The van der Waals surface area contributed by atoms with E-state index in [0.29, 0.717) is 31.8 Å². The fraction of sp³-hybridized carbons (Fsp3) is 0.538. The molecular formula is C13H17ClN4O3. The average molecular weight is 313 g/mol. The van der Waals surface area contributed by atoms with E-state index in [4.69, 9.17) is 16.3 Å². The molecular weight excluding hydrogens is 296 g/mol. The van der Waals surface area contributed by atoms with E-state index in [9.17, 15) is 9.59 Å². The average Bonchev–Trinajstić information content (AvgIpc) is 2.52. The van der Waals surface area contributed by atoms with Gasteiger partial charge in [-0.2, -0.15) is 0 Å². The van der Waals surface area contributed by atoms with Crippen molar-refractivity contribution in [3.05, 3.63) is 17.0 Å². The SMILES string of the molecule is CCCNC(=O)C1COCCN1c1ncnc(Cl)c1C=O. The van der Waals surface area contributed by atoms with Crippen molar-refractivity contribution in [2.24, 2.45) is 0 Å². The fourth-order valence-electron chi connectivity index (χ4n) is 2.14. The predicted octanol–water partition coefficient (Wildman–Crippen LogP) is 0.674. The number of carbonyl (C=O) groups is 2. The molecule has 1 amide bonds. The van der Waals surface area contributed by atoms with E-state index < -0.39 is 6.04 Å². The number of anilines is 1. The van der Waals surface area contributed by atoms with Gasteiger partial charge < -0.3 is 15.0 Å². The van der Waals surface area contributed by atoms with Crippen LogP contribution in [0.25, 0.3) is 0 Å². The van der Waals surface area contributed by atoms with Crippen molar-refractivity contribution in [3.8, 4) is 0 Å². The molecule has 0 bridgehead atoms. The Morgan fingerprint density at radius 1 is 1.62 bits per heavy atom. The molecule has 114 valence electrons. The van der Waals surface area contributed by atoms with Crippen LogP contribution in [-0.4, -0.2) is 54.5 Å². The topological polar surface area (TPSA) is 84.4 Å². The highest BCUT2D eigenvalue weighted by Crippen LogP contribution is 2.24. The van der Waals surface area contributed by atoms with Crippen LogP contribution in [0.1, 0.15) is 23.7 Å². The number of halogens is 1. The minimum absolute atomic E-state index is 0.0780. The van der Waals surface area contributed by atoms with Crippen molar-refractivity contribution >= 4 is 29.6 Å². The number of nitrogens with zero attached hydrogens (tertiary/aromatic N) is 3. The summed E-state index contributed by atoms with van der Waals surface area (Å²) in [4.78, 5) is 33.1. The molecule has 2 rings (SSSR count). The van der Waals surface area contributed by atoms with Gasteiger partial charge in [-0.15, -0.1) is 0 Å². The zero-order valence-corrected chi connectivity index (χ0v) is 12.5. The third kappa shape index (κ3) is 3.48. The number of amides is 1. The van der Waals surface area contributed by atoms with E-state index in [-0.39, 0.29) is 23.2 Å². The van der Waals surface area contributed by atoms with Crippen LogP contribution in [0.15, 0.2) is 6.33 Å². The molecule has 1 saturated heterocycles. The molecule has 0 spiro atoms. The number of ether oxygens (including phenoxy) is 1. The molecule has 1 unspecified atom stereocenters.